The number of aryl methyl sites for hydroxylation is 2. The van der Waals surface area contributed by atoms with E-state index in [9.17, 15) is 0 Å². The highest BCUT2D eigenvalue weighted by molar-refractivity contribution is 9.10. The Morgan fingerprint density at radius 2 is 1.52 bits per heavy atom. The third-order valence-corrected chi connectivity index (χ3v) is 4.55. The largest absolute Gasteiger partial charge is 0.319 e. The highest BCUT2D eigenvalue weighted by Crippen LogP contribution is 2.18. The minimum Gasteiger partial charge on any atom is -0.319 e. The number of benzene rings is 2. The van der Waals surface area contributed by atoms with Crippen LogP contribution in [0.5, 0.6) is 0 Å². The fraction of sp³-hybridized carbons (Fsp3) is 0.368. The van der Waals surface area contributed by atoms with Crippen LogP contribution < -0.4 is 5.32 Å². The molecule has 2 rings (SSSR count). The van der Waals surface area contributed by atoms with Crippen LogP contribution >= 0.6 is 15.9 Å². The van der Waals surface area contributed by atoms with E-state index in [4.69, 9.17) is 0 Å². The molecule has 0 aliphatic heterocycles. The summed E-state index contributed by atoms with van der Waals surface area (Å²) in [5, 5.41) is 3.34. The van der Waals surface area contributed by atoms with Crippen molar-refractivity contribution in [3.8, 4) is 0 Å². The molecular weight excluding hydrogens is 322 g/mol. The molecule has 0 heterocycles. The Kier molecular flexibility index (Phi) is 6.01. The Morgan fingerprint density at radius 1 is 0.905 bits per heavy atom. The van der Waals surface area contributed by atoms with Crippen molar-refractivity contribution < 1.29 is 0 Å². The molecule has 0 radical (unpaired) electrons. The van der Waals surface area contributed by atoms with Gasteiger partial charge in [-0.2, -0.15) is 0 Å². The quantitative estimate of drug-likeness (QED) is 0.800. The van der Waals surface area contributed by atoms with E-state index in [0.717, 1.165) is 23.9 Å². The number of hydrogen-bond donors (Lipinski definition) is 1. The molecule has 0 saturated heterocycles. The second-order valence-electron chi connectivity index (χ2n) is 5.88. The van der Waals surface area contributed by atoms with E-state index in [1.165, 1.54) is 22.3 Å². The summed E-state index contributed by atoms with van der Waals surface area (Å²) in [4.78, 5) is 0. The molecule has 2 aromatic carbocycles. The Labute approximate surface area is 136 Å². The van der Waals surface area contributed by atoms with Crippen LogP contribution in [-0.2, 0) is 12.8 Å². The fourth-order valence-electron chi connectivity index (χ4n) is 2.72. The average molecular weight is 346 g/mol. The van der Waals surface area contributed by atoms with Crippen molar-refractivity contribution in [1.29, 1.82) is 0 Å². The summed E-state index contributed by atoms with van der Waals surface area (Å²) in [6, 6.07) is 15.5. The topological polar surface area (TPSA) is 12.0 Å². The molecule has 1 unspecified atom stereocenters. The highest BCUT2D eigenvalue weighted by Gasteiger charge is 2.11. The van der Waals surface area contributed by atoms with Gasteiger partial charge >= 0.3 is 0 Å². The Balaban J connectivity index is 2.07. The first-order valence-electron chi connectivity index (χ1n) is 7.53. The van der Waals surface area contributed by atoms with E-state index in [2.05, 4.69) is 77.6 Å². The van der Waals surface area contributed by atoms with Crippen LogP contribution in [0.2, 0.25) is 0 Å². The molecule has 0 aromatic heterocycles. The monoisotopic (exact) mass is 345 g/mol. The van der Waals surface area contributed by atoms with Crippen molar-refractivity contribution in [2.24, 2.45) is 5.92 Å². The molecule has 1 N–H and O–H groups in total. The molecule has 0 saturated carbocycles. The molecule has 0 fully saturated rings. The van der Waals surface area contributed by atoms with E-state index in [-0.39, 0.29) is 0 Å². The summed E-state index contributed by atoms with van der Waals surface area (Å²) in [6.07, 6.45) is 2.24. The van der Waals surface area contributed by atoms with Crippen LogP contribution in [0.3, 0.4) is 0 Å². The standard InChI is InChI=1S/C19H24BrN/c1-14-4-5-17(10-15(14)2)12-18(13-21-3)11-16-6-8-19(20)9-7-16/h4-10,18,21H,11-13H2,1-3H3. The molecule has 1 nitrogen and oxygen atoms in total. The van der Waals surface area contributed by atoms with E-state index in [1.807, 2.05) is 7.05 Å². The van der Waals surface area contributed by atoms with Gasteiger partial charge in [0.1, 0.15) is 0 Å². The zero-order chi connectivity index (χ0) is 15.2. The van der Waals surface area contributed by atoms with Crippen LogP contribution in [0.25, 0.3) is 0 Å². The van der Waals surface area contributed by atoms with Gasteiger partial charge < -0.3 is 5.32 Å². The average Bonchev–Trinajstić information content (AvgIpc) is 2.46. The summed E-state index contributed by atoms with van der Waals surface area (Å²) in [7, 11) is 2.04. The van der Waals surface area contributed by atoms with E-state index in [0.29, 0.717) is 5.92 Å². The van der Waals surface area contributed by atoms with Crippen molar-refractivity contribution in [2.45, 2.75) is 26.7 Å². The fourth-order valence-corrected chi connectivity index (χ4v) is 2.99. The summed E-state index contributed by atoms with van der Waals surface area (Å²) in [5.74, 6) is 0.623. The van der Waals surface area contributed by atoms with Crippen LogP contribution in [0.1, 0.15) is 22.3 Å². The summed E-state index contributed by atoms with van der Waals surface area (Å²) in [5.41, 5.74) is 5.61. The van der Waals surface area contributed by atoms with Gasteiger partial charge in [0.05, 0.1) is 0 Å². The maximum Gasteiger partial charge on any atom is 0.0175 e. The predicted molar refractivity (Wildman–Crippen MR) is 94.9 cm³/mol. The van der Waals surface area contributed by atoms with E-state index in [1.54, 1.807) is 0 Å². The normalized spacial score (nSPS) is 12.4. The smallest absolute Gasteiger partial charge is 0.0175 e. The predicted octanol–water partition coefficient (Wildman–Crippen LogP) is 4.69. The third-order valence-electron chi connectivity index (χ3n) is 4.03. The molecule has 0 bridgehead atoms. The summed E-state index contributed by atoms with van der Waals surface area (Å²) >= 11 is 3.50. The lowest BCUT2D eigenvalue weighted by Gasteiger charge is -2.17. The molecule has 0 amide bonds. The molecule has 112 valence electrons. The molecule has 2 aromatic rings. The minimum absolute atomic E-state index is 0.623. The Morgan fingerprint density at radius 3 is 2.14 bits per heavy atom. The van der Waals surface area contributed by atoms with Crippen molar-refractivity contribution in [2.75, 3.05) is 13.6 Å². The Bertz CT molecular complexity index is 575. The van der Waals surface area contributed by atoms with Crippen LogP contribution in [0.15, 0.2) is 46.9 Å². The second kappa shape index (κ2) is 7.77. The van der Waals surface area contributed by atoms with Gasteiger partial charge in [-0.1, -0.05) is 46.3 Å². The van der Waals surface area contributed by atoms with Gasteiger partial charge in [0.15, 0.2) is 0 Å². The molecule has 1 atom stereocenters. The third kappa shape index (κ3) is 4.98. The first-order valence-corrected chi connectivity index (χ1v) is 8.33. The number of hydrogen-bond acceptors (Lipinski definition) is 1. The Hall–Kier alpha value is -1.12. The maximum atomic E-state index is 3.50. The van der Waals surface area contributed by atoms with E-state index >= 15 is 0 Å². The van der Waals surface area contributed by atoms with Crippen molar-refractivity contribution >= 4 is 15.9 Å². The minimum atomic E-state index is 0.623. The number of rotatable bonds is 6. The first-order chi connectivity index (χ1) is 10.1. The highest BCUT2D eigenvalue weighted by atomic mass is 79.9. The summed E-state index contributed by atoms with van der Waals surface area (Å²) in [6.45, 7) is 5.41. The van der Waals surface area contributed by atoms with Crippen molar-refractivity contribution in [3.63, 3.8) is 0 Å². The van der Waals surface area contributed by atoms with Gasteiger partial charge in [0, 0.05) is 4.47 Å². The lowest BCUT2D eigenvalue weighted by molar-refractivity contribution is 0.493. The SMILES string of the molecule is CNCC(Cc1ccc(Br)cc1)Cc1ccc(C)c(C)c1. The molecule has 0 spiro atoms. The van der Waals surface area contributed by atoms with Crippen molar-refractivity contribution in [1.82, 2.24) is 5.32 Å². The van der Waals surface area contributed by atoms with Gasteiger partial charge in [-0.05, 0) is 80.6 Å². The molecule has 21 heavy (non-hydrogen) atoms. The van der Waals surface area contributed by atoms with Gasteiger partial charge in [0.2, 0.25) is 0 Å². The lowest BCUT2D eigenvalue weighted by Crippen LogP contribution is -2.22. The van der Waals surface area contributed by atoms with Gasteiger partial charge in [-0.25, -0.2) is 0 Å². The van der Waals surface area contributed by atoms with Crippen molar-refractivity contribution in [3.05, 3.63) is 69.2 Å². The molecule has 0 aliphatic carbocycles. The van der Waals surface area contributed by atoms with Gasteiger partial charge in [-0.15, -0.1) is 0 Å². The first kappa shape index (κ1) is 16.3. The zero-order valence-corrected chi connectivity index (χ0v) is 14.7. The van der Waals surface area contributed by atoms with Crippen LogP contribution in [-0.4, -0.2) is 13.6 Å². The zero-order valence-electron chi connectivity index (χ0n) is 13.1. The van der Waals surface area contributed by atoms with Gasteiger partial charge in [-0.3, -0.25) is 0 Å². The maximum absolute atomic E-state index is 3.50. The van der Waals surface area contributed by atoms with Crippen LogP contribution in [0.4, 0.5) is 0 Å². The molecule has 2 heteroatoms. The summed E-state index contributed by atoms with van der Waals surface area (Å²) < 4.78 is 1.14. The number of halogens is 1. The lowest BCUT2D eigenvalue weighted by atomic mass is 9.91. The second-order valence-corrected chi connectivity index (χ2v) is 6.79. The molecule has 0 aliphatic rings. The number of nitrogens with one attached hydrogen (secondary N) is 1. The molecular formula is C19H24BrN. The van der Waals surface area contributed by atoms with Crippen LogP contribution in [0, 0.1) is 19.8 Å². The van der Waals surface area contributed by atoms with E-state index < -0.39 is 0 Å². The van der Waals surface area contributed by atoms with Gasteiger partial charge in [0.25, 0.3) is 0 Å².